The first-order chi connectivity index (χ1) is 13.9. The third-order valence-electron chi connectivity index (χ3n) is 5.28. The maximum atomic E-state index is 12.2. The van der Waals surface area contributed by atoms with Crippen molar-refractivity contribution in [1.82, 2.24) is 10.6 Å². The summed E-state index contributed by atoms with van der Waals surface area (Å²) < 4.78 is 41.4. The topological polar surface area (TPSA) is 65.9 Å². The molecule has 2 rings (SSSR count). The van der Waals surface area contributed by atoms with Gasteiger partial charge < -0.3 is 20.5 Å². The molecule has 1 aromatic carbocycles. The average molecular weight is 543 g/mol. The Hall–Kier alpha value is -1.23. The molecule has 1 aromatic rings. The number of alkyl halides is 3. The fraction of sp³-hybridized carbons (Fsp3) is 0.667. The van der Waals surface area contributed by atoms with Crippen LogP contribution in [0.2, 0.25) is 0 Å². The Labute approximate surface area is 193 Å². The quantitative estimate of drug-likeness (QED) is 0.242. The molecule has 1 fully saturated rings. The van der Waals surface area contributed by atoms with Crippen LogP contribution in [0.5, 0.6) is 5.75 Å². The predicted molar refractivity (Wildman–Crippen MR) is 123 cm³/mol. The molecule has 0 unspecified atom stereocenters. The van der Waals surface area contributed by atoms with Gasteiger partial charge in [-0.15, -0.1) is 24.0 Å². The van der Waals surface area contributed by atoms with Gasteiger partial charge in [-0.3, -0.25) is 0 Å². The van der Waals surface area contributed by atoms with Crippen LogP contribution in [-0.4, -0.2) is 43.5 Å². The number of halogens is 4. The van der Waals surface area contributed by atoms with E-state index in [1.807, 2.05) is 6.92 Å². The van der Waals surface area contributed by atoms with E-state index in [0.29, 0.717) is 12.5 Å². The van der Waals surface area contributed by atoms with Gasteiger partial charge in [0.25, 0.3) is 0 Å². The van der Waals surface area contributed by atoms with Crippen LogP contribution < -0.4 is 15.4 Å². The van der Waals surface area contributed by atoms with Crippen LogP contribution in [-0.2, 0) is 6.54 Å². The number of rotatable bonds is 9. The lowest BCUT2D eigenvalue weighted by Gasteiger charge is -2.37. The van der Waals surface area contributed by atoms with Gasteiger partial charge in [-0.2, -0.15) is 13.2 Å². The molecule has 0 heterocycles. The highest BCUT2D eigenvalue weighted by molar-refractivity contribution is 14.0. The van der Waals surface area contributed by atoms with Crippen molar-refractivity contribution in [3.63, 3.8) is 0 Å². The molecular weight excluding hydrogens is 510 g/mol. The van der Waals surface area contributed by atoms with Gasteiger partial charge in [-0.05, 0) is 49.3 Å². The fourth-order valence-electron chi connectivity index (χ4n) is 3.69. The second-order valence-corrected chi connectivity index (χ2v) is 7.63. The number of nitrogens with one attached hydrogen (secondary N) is 2. The molecule has 0 aliphatic heterocycles. The molecule has 0 amide bonds. The Morgan fingerprint density at radius 1 is 1.13 bits per heavy atom. The monoisotopic (exact) mass is 543 g/mol. The van der Waals surface area contributed by atoms with Gasteiger partial charge in [0.15, 0.2) is 12.6 Å². The number of hydrogen-bond acceptors (Lipinski definition) is 3. The molecule has 0 radical (unpaired) electrons. The smallest absolute Gasteiger partial charge is 0.422 e. The molecule has 0 atom stereocenters. The second-order valence-electron chi connectivity index (χ2n) is 7.63. The summed E-state index contributed by atoms with van der Waals surface area (Å²) in [5.41, 5.74) is 0.991. The molecule has 1 aliphatic carbocycles. The third kappa shape index (κ3) is 9.72. The maximum Gasteiger partial charge on any atom is 0.422 e. The van der Waals surface area contributed by atoms with Gasteiger partial charge in [-0.25, -0.2) is 4.99 Å². The first kappa shape index (κ1) is 26.8. The highest BCUT2D eigenvalue weighted by atomic mass is 127. The van der Waals surface area contributed by atoms with E-state index in [-0.39, 0.29) is 41.7 Å². The zero-order valence-corrected chi connectivity index (χ0v) is 19.8. The van der Waals surface area contributed by atoms with Crippen molar-refractivity contribution >= 4 is 29.9 Å². The molecule has 172 valence electrons. The van der Waals surface area contributed by atoms with E-state index in [1.165, 1.54) is 31.4 Å². The summed E-state index contributed by atoms with van der Waals surface area (Å²) in [6.07, 6.45) is 2.30. The Morgan fingerprint density at radius 3 is 2.37 bits per heavy atom. The van der Waals surface area contributed by atoms with Gasteiger partial charge in [0.2, 0.25) is 0 Å². The average Bonchev–Trinajstić information content (AvgIpc) is 2.70. The Bertz CT molecular complexity index is 628. The summed E-state index contributed by atoms with van der Waals surface area (Å²) in [4.78, 5) is 4.59. The highest BCUT2D eigenvalue weighted by Gasteiger charge is 2.31. The number of hydrogen-bond donors (Lipinski definition) is 3. The van der Waals surface area contributed by atoms with Gasteiger partial charge >= 0.3 is 6.18 Å². The molecule has 0 aromatic heterocycles. The number of guanidine groups is 1. The van der Waals surface area contributed by atoms with Crippen molar-refractivity contribution in [2.24, 2.45) is 10.4 Å². The zero-order valence-electron chi connectivity index (χ0n) is 17.4. The lowest BCUT2D eigenvalue weighted by molar-refractivity contribution is -0.153. The zero-order chi connectivity index (χ0) is 21.2. The van der Waals surface area contributed by atoms with Crippen molar-refractivity contribution < 1.29 is 23.0 Å². The maximum absolute atomic E-state index is 12.2. The van der Waals surface area contributed by atoms with Gasteiger partial charge in [0, 0.05) is 19.7 Å². The van der Waals surface area contributed by atoms with Crippen molar-refractivity contribution in [1.29, 1.82) is 0 Å². The Morgan fingerprint density at radius 2 is 1.80 bits per heavy atom. The van der Waals surface area contributed by atoms with Crippen LogP contribution in [0.1, 0.15) is 51.0 Å². The van der Waals surface area contributed by atoms with E-state index in [4.69, 9.17) is 4.74 Å². The van der Waals surface area contributed by atoms with Crippen LogP contribution in [0.3, 0.4) is 0 Å². The first-order valence-corrected chi connectivity index (χ1v) is 10.3. The van der Waals surface area contributed by atoms with Crippen molar-refractivity contribution in [2.75, 3.05) is 26.3 Å². The number of aliphatic imine (C=N–C) groups is 1. The van der Waals surface area contributed by atoms with Gasteiger partial charge in [-0.1, -0.05) is 31.4 Å². The minimum absolute atomic E-state index is 0. The van der Waals surface area contributed by atoms with Crippen LogP contribution in [0, 0.1) is 5.41 Å². The molecule has 5 nitrogen and oxygen atoms in total. The SMILES string of the molecule is CCNC(=NCc1ccc(OCC(F)(F)F)cc1)NCC1(CCO)CCCCC1.I. The van der Waals surface area contributed by atoms with Crippen molar-refractivity contribution in [3.05, 3.63) is 29.8 Å². The number of aliphatic hydroxyl groups excluding tert-OH is 1. The van der Waals surface area contributed by atoms with Crippen molar-refractivity contribution in [2.45, 2.75) is 58.2 Å². The summed E-state index contributed by atoms with van der Waals surface area (Å²) >= 11 is 0. The molecule has 30 heavy (non-hydrogen) atoms. The van der Waals surface area contributed by atoms with E-state index >= 15 is 0 Å². The molecule has 0 spiro atoms. The molecule has 3 N–H and O–H groups in total. The standard InChI is InChI=1S/C21H32F3N3O2.HI/c1-2-25-19(27-15-20(12-13-28)10-4-3-5-11-20)26-14-17-6-8-18(9-7-17)29-16-21(22,23)24;/h6-9,28H,2-5,10-16H2,1H3,(H2,25,26,27);1H. The summed E-state index contributed by atoms with van der Waals surface area (Å²) in [6, 6.07) is 6.48. The summed E-state index contributed by atoms with van der Waals surface area (Å²) in [7, 11) is 0. The molecule has 0 bridgehead atoms. The number of nitrogens with zero attached hydrogens (tertiary/aromatic N) is 1. The first-order valence-electron chi connectivity index (χ1n) is 10.3. The van der Waals surface area contributed by atoms with Crippen LogP contribution in [0.25, 0.3) is 0 Å². The Kier molecular flexibility index (Phi) is 11.8. The lowest BCUT2D eigenvalue weighted by Crippen LogP contribution is -2.44. The predicted octanol–water partition coefficient (Wildman–Crippen LogP) is 4.63. The lowest BCUT2D eigenvalue weighted by atomic mass is 9.72. The Balaban J connectivity index is 0.00000450. The molecule has 0 saturated heterocycles. The van der Waals surface area contributed by atoms with Crippen molar-refractivity contribution in [3.8, 4) is 5.75 Å². The van der Waals surface area contributed by atoms with Gasteiger partial charge in [0.1, 0.15) is 5.75 Å². The molecule has 1 saturated carbocycles. The normalized spacial score (nSPS) is 16.5. The molecular formula is C21H33F3IN3O2. The van der Waals surface area contributed by atoms with Crippen LogP contribution in [0.4, 0.5) is 13.2 Å². The van der Waals surface area contributed by atoms with Gasteiger partial charge in [0.05, 0.1) is 6.54 Å². The van der Waals surface area contributed by atoms with E-state index in [2.05, 4.69) is 15.6 Å². The van der Waals surface area contributed by atoms with E-state index in [9.17, 15) is 18.3 Å². The molecule has 1 aliphatic rings. The van der Waals surface area contributed by atoms with E-state index in [1.54, 1.807) is 12.1 Å². The summed E-state index contributed by atoms with van der Waals surface area (Å²) in [5.74, 6) is 0.885. The number of ether oxygens (including phenoxy) is 1. The second kappa shape index (κ2) is 13.2. The minimum Gasteiger partial charge on any atom is -0.484 e. The third-order valence-corrected chi connectivity index (χ3v) is 5.28. The number of aliphatic hydroxyl groups is 1. The minimum atomic E-state index is -4.35. The van der Waals surface area contributed by atoms with Crippen LogP contribution in [0.15, 0.2) is 29.3 Å². The highest BCUT2D eigenvalue weighted by Crippen LogP contribution is 2.38. The largest absolute Gasteiger partial charge is 0.484 e. The summed E-state index contributed by atoms with van der Waals surface area (Å²) in [6.45, 7) is 2.79. The van der Waals surface area contributed by atoms with Crippen LogP contribution >= 0.6 is 24.0 Å². The molecule has 9 heteroatoms. The van der Waals surface area contributed by atoms with E-state index in [0.717, 1.165) is 37.9 Å². The summed E-state index contributed by atoms with van der Waals surface area (Å²) in [5, 5.41) is 16.1. The fourth-order valence-corrected chi connectivity index (χ4v) is 3.69. The number of benzene rings is 1. The van der Waals surface area contributed by atoms with E-state index < -0.39 is 12.8 Å².